The van der Waals surface area contributed by atoms with Crippen LogP contribution in [-0.4, -0.2) is 24.1 Å². The van der Waals surface area contributed by atoms with E-state index in [1.807, 2.05) is 13.8 Å². The van der Waals surface area contributed by atoms with E-state index < -0.39 is 5.97 Å². The zero-order valence-corrected chi connectivity index (χ0v) is 11.8. The molecule has 0 aliphatic heterocycles. The predicted molar refractivity (Wildman–Crippen MR) is 79.3 cm³/mol. The zero-order chi connectivity index (χ0) is 14.7. The molecule has 20 heavy (non-hydrogen) atoms. The highest BCUT2D eigenvalue weighted by atomic mass is 16.5. The molecule has 1 atom stereocenters. The fourth-order valence-corrected chi connectivity index (χ4v) is 1.93. The third-order valence-corrected chi connectivity index (χ3v) is 3.28. The van der Waals surface area contributed by atoms with Gasteiger partial charge in [0.25, 0.3) is 5.56 Å². The maximum Gasteiger partial charge on any atom is 0.337 e. The van der Waals surface area contributed by atoms with Crippen LogP contribution in [0, 0.1) is 0 Å². The number of H-pyrrole nitrogens is 1. The standard InChI is InChI=1S/C15H18N2O3/c1-4-9(2)16-13-8-11-7-10(15(19)20-3)5-6-12(11)17-14(13)18/h5-9,16H,4H2,1-3H3,(H,17,18)/t9-/m0/s1. The fourth-order valence-electron chi connectivity index (χ4n) is 1.93. The van der Waals surface area contributed by atoms with Gasteiger partial charge in [-0.2, -0.15) is 0 Å². The van der Waals surface area contributed by atoms with E-state index in [1.54, 1.807) is 24.3 Å². The molecule has 1 aromatic heterocycles. The van der Waals surface area contributed by atoms with E-state index in [0.29, 0.717) is 16.8 Å². The maximum atomic E-state index is 11.9. The largest absolute Gasteiger partial charge is 0.465 e. The summed E-state index contributed by atoms with van der Waals surface area (Å²) in [5.41, 5.74) is 1.50. The molecule has 0 saturated carbocycles. The molecule has 0 unspecified atom stereocenters. The van der Waals surface area contributed by atoms with E-state index in [2.05, 4.69) is 10.3 Å². The minimum absolute atomic E-state index is 0.163. The van der Waals surface area contributed by atoms with Crippen molar-refractivity contribution in [3.05, 3.63) is 40.2 Å². The summed E-state index contributed by atoms with van der Waals surface area (Å²) in [6.45, 7) is 4.05. The molecule has 5 nitrogen and oxygen atoms in total. The Hall–Kier alpha value is -2.30. The molecular formula is C15H18N2O3. The lowest BCUT2D eigenvalue weighted by Gasteiger charge is -2.12. The molecule has 106 valence electrons. The van der Waals surface area contributed by atoms with E-state index in [1.165, 1.54) is 7.11 Å². The summed E-state index contributed by atoms with van der Waals surface area (Å²) in [5, 5.41) is 3.94. The summed E-state index contributed by atoms with van der Waals surface area (Å²) in [7, 11) is 1.34. The molecule has 2 aromatic rings. The summed E-state index contributed by atoms with van der Waals surface area (Å²) in [6, 6.07) is 7.01. The summed E-state index contributed by atoms with van der Waals surface area (Å²) < 4.78 is 4.69. The molecule has 1 aromatic carbocycles. The summed E-state index contributed by atoms with van der Waals surface area (Å²) in [5.74, 6) is -0.394. The highest BCUT2D eigenvalue weighted by Gasteiger charge is 2.09. The number of carbonyl (C=O) groups excluding carboxylic acids is 1. The van der Waals surface area contributed by atoms with Crippen molar-refractivity contribution in [2.75, 3.05) is 12.4 Å². The first-order chi connectivity index (χ1) is 9.55. The molecular weight excluding hydrogens is 256 g/mol. The number of hydrogen-bond acceptors (Lipinski definition) is 4. The van der Waals surface area contributed by atoms with Crippen molar-refractivity contribution in [2.45, 2.75) is 26.3 Å². The number of nitrogens with one attached hydrogen (secondary N) is 2. The Morgan fingerprint density at radius 3 is 2.80 bits per heavy atom. The lowest BCUT2D eigenvalue weighted by molar-refractivity contribution is 0.0601. The lowest BCUT2D eigenvalue weighted by Crippen LogP contribution is -2.21. The smallest absolute Gasteiger partial charge is 0.337 e. The maximum absolute atomic E-state index is 11.9. The number of esters is 1. The zero-order valence-electron chi connectivity index (χ0n) is 11.8. The number of ether oxygens (including phenoxy) is 1. The number of carbonyl (C=O) groups is 1. The van der Waals surface area contributed by atoms with E-state index in [0.717, 1.165) is 11.8 Å². The number of hydrogen-bond donors (Lipinski definition) is 2. The molecule has 0 bridgehead atoms. The molecule has 0 aliphatic carbocycles. The first-order valence-corrected chi connectivity index (χ1v) is 6.57. The van der Waals surface area contributed by atoms with E-state index in [4.69, 9.17) is 4.74 Å². The van der Waals surface area contributed by atoms with Gasteiger partial charge in [0.15, 0.2) is 0 Å². The van der Waals surface area contributed by atoms with E-state index in [-0.39, 0.29) is 11.6 Å². The average Bonchev–Trinajstić information content (AvgIpc) is 2.46. The number of methoxy groups -OCH3 is 1. The Kier molecular flexibility index (Phi) is 4.08. The minimum Gasteiger partial charge on any atom is -0.465 e. The number of aromatic nitrogens is 1. The van der Waals surface area contributed by atoms with Crippen LogP contribution >= 0.6 is 0 Å². The molecule has 0 saturated heterocycles. The van der Waals surface area contributed by atoms with Crippen molar-refractivity contribution in [1.82, 2.24) is 4.98 Å². The molecule has 2 rings (SSSR count). The van der Waals surface area contributed by atoms with E-state index >= 15 is 0 Å². The molecule has 0 aliphatic rings. The van der Waals surface area contributed by atoms with Crippen LogP contribution in [-0.2, 0) is 4.74 Å². The van der Waals surface area contributed by atoms with Crippen LogP contribution in [0.5, 0.6) is 0 Å². The lowest BCUT2D eigenvalue weighted by atomic mass is 10.1. The molecule has 0 amide bonds. The van der Waals surface area contributed by atoms with Gasteiger partial charge in [-0.15, -0.1) is 0 Å². The SMILES string of the molecule is CC[C@H](C)Nc1cc2cc(C(=O)OC)ccc2[nH]c1=O. The highest BCUT2D eigenvalue weighted by Crippen LogP contribution is 2.17. The monoisotopic (exact) mass is 274 g/mol. The van der Waals surface area contributed by atoms with Gasteiger partial charge in [-0.25, -0.2) is 4.79 Å². The van der Waals surface area contributed by atoms with Gasteiger partial charge in [-0.3, -0.25) is 4.79 Å². The normalized spacial score (nSPS) is 12.2. The summed E-state index contributed by atoms with van der Waals surface area (Å²) in [6.07, 6.45) is 0.916. The van der Waals surface area contributed by atoms with Gasteiger partial charge in [0.2, 0.25) is 0 Å². The van der Waals surface area contributed by atoms with Crippen molar-refractivity contribution < 1.29 is 9.53 Å². The molecule has 0 fully saturated rings. The van der Waals surface area contributed by atoms with Gasteiger partial charge in [0.1, 0.15) is 5.69 Å². The molecule has 0 spiro atoms. The van der Waals surface area contributed by atoms with E-state index in [9.17, 15) is 9.59 Å². The van der Waals surface area contributed by atoms with Gasteiger partial charge in [0.05, 0.1) is 12.7 Å². The van der Waals surface area contributed by atoms with Crippen LogP contribution < -0.4 is 10.9 Å². The van der Waals surface area contributed by atoms with Gasteiger partial charge in [-0.05, 0) is 37.6 Å². The van der Waals surface area contributed by atoms with Gasteiger partial charge in [-0.1, -0.05) is 6.92 Å². The number of rotatable bonds is 4. The van der Waals surface area contributed by atoms with Crippen LogP contribution in [0.15, 0.2) is 29.1 Å². The molecule has 2 N–H and O–H groups in total. The van der Waals surface area contributed by atoms with Crippen molar-refractivity contribution in [1.29, 1.82) is 0 Å². The van der Waals surface area contributed by atoms with Gasteiger partial charge < -0.3 is 15.0 Å². The third-order valence-electron chi connectivity index (χ3n) is 3.28. The number of benzene rings is 1. The Bertz CT molecular complexity index is 691. The molecule has 0 radical (unpaired) electrons. The van der Waals surface area contributed by atoms with Crippen molar-refractivity contribution in [3.8, 4) is 0 Å². The van der Waals surface area contributed by atoms with Crippen LogP contribution in [0.3, 0.4) is 0 Å². The Labute approximate surface area is 117 Å². The number of pyridine rings is 1. The topological polar surface area (TPSA) is 71.2 Å². The van der Waals surface area contributed by atoms with Crippen molar-refractivity contribution in [2.24, 2.45) is 0 Å². The first kappa shape index (κ1) is 14.1. The second-order valence-electron chi connectivity index (χ2n) is 4.76. The van der Waals surface area contributed by atoms with Crippen LogP contribution in [0.25, 0.3) is 10.9 Å². The van der Waals surface area contributed by atoms with Crippen molar-refractivity contribution in [3.63, 3.8) is 0 Å². The third kappa shape index (κ3) is 2.82. The Balaban J connectivity index is 2.49. The van der Waals surface area contributed by atoms with Gasteiger partial charge >= 0.3 is 5.97 Å². The number of anilines is 1. The Morgan fingerprint density at radius 2 is 2.15 bits per heavy atom. The summed E-state index contributed by atoms with van der Waals surface area (Å²) >= 11 is 0. The van der Waals surface area contributed by atoms with Crippen LogP contribution in [0.2, 0.25) is 0 Å². The second-order valence-corrected chi connectivity index (χ2v) is 4.76. The fraction of sp³-hybridized carbons (Fsp3) is 0.333. The second kappa shape index (κ2) is 5.77. The molecule has 1 heterocycles. The average molecular weight is 274 g/mol. The predicted octanol–water partition coefficient (Wildman–Crippen LogP) is 2.53. The van der Waals surface area contributed by atoms with Crippen LogP contribution in [0.4, 0.5) is 5.69 Å². The highest BCUT2D eigenvalue weighted by molar-refractivity contribution is 5.94. The van der Waals surface area contributed by atoms with Crippen molar-refractivity contribution >= 4 is 22.6 Å². The summed E-state index contributed by atoms with van der Waals surface area (Å²) in [4.78, 5) is 26.3. The number of fused-ring (bicyclic) bond motifs is 1. The van der Waals surface area contributed by atoms with Gasteiger partial charge in [0, 0.05) is 16.9 Å². The Morgan fingerprint density at radius 1 is 1.40 bits per heavy atom. The number of aromatic amines is 1. The quantitative estimate of drug-likeness (QED) is 0.840. The first-order valence-electron chi connectivity index (χ1n) is 6.57. The minimum atomic E-state index is -0.394. The van der Waals surface area contributed by atoms with Crippen LogP contribution in [0.1, 0.15) is 30.6 Å². The molecule has 5 heteroatoms.